The van der Waals surface area contributed by atoms with Gasteiger partial charge in [0.05, 0.1) is 12.0 Å². The number of amides is 2. The number of rotatable bonds is 3. The van der Waals surface area contributed by atoms with E-state index < -0.39 is 0 Å². The maximum Gasteiger partial charge on any atom is 0.244 e. The van der Waals surface area contributed by atoms with E-state index in [1.165, 1.54) is 12.8 Å². The average Bonchev–Trinajstić information content (AvgIpc) is 3.43. The van der Waals surface area contributed by atoms with Gasteiger partial charge in [-0.25, -0.2) is 0 Å². The zero-order valence-corrected chi connectivity index (χ0v) is 16.4. The number of anilines is 1. The SMILES string of the molecule is NC1C2CCC(C2)C1C(=O)N1CCN(C2CCN(c3ccccc3)C2=O)CC1. The molecule has 2 bridgehead atoms. The summed E-state index contributed by atoms with van der Waals surface area (Å²) in [7, 11) is 0. The van der Waals surface area contributed by atoms with Crippen molar-refractivity contribution in [2.75, 3.05) is 37.6 Å². The van der Waals surface area contributed by atoms with Gasteiger partial charge in [-0.1, -0.05) is 18.2 Å². The van der Waals surface area contributed by atoms with E-state index in [-0.39, 0.29) is 29.8 Å². The Hall–Kier alpha value is -1.92. The van der Waals surface area contributed by atoms with E-state index in [4.69, 9.17) is 5.73 Å². The number of nitrogens with two attached hydrogens (primary N) is 1. The van der Waals surface area contributed by atoms with E-state index in [9.17, 15) is 9.59 Å². The van der Waals surface area contributed by atoms with Crippen LogP contribution in [0.3, 0.4) is 0 Å². The van der Waals surface area contributed by atoms with Crippen molar-refractivity contribution in [2.24, 2.45) is 23.5 Å². The number of nitrogens with zero attached hydrogens (tertiary/aromatic N) is 3. The fourth-order valence-electron chi connectivity index (χ4n) is 6.04. The van der Waals surface area contributed by atoms with E-state index in [2.05, 4.69) is 4.90 Å². The molecule has 0 radical (unpaired) electrons. The fourth-order valence-corrected chi connectivity index (χ4v) is 6.04. The van der Waals surface area contributed by atoms with Crippen LogP contribution in [0.1, 0.15) is 25.7 Å². The van der Waals surface area contributed by atoms with Crippen LogP contribution in [0.4, 0.5) is 5.69 Å². The minimum Gasteiger partial charge on any atom is -0.340 e. The molecule has 4 aliphatic rings. The maximum atomic E-state index is 13.1. The van der Waals surface area contributed by atoms with Crippen LogP contribution in [0.2, 0.25) is 0 Å². The predicted octanol–water partition coefficient (Wildman–Crippen LogP) is 1.31. The van der Waals surface area contributed by atoms with E-state index in [0.29, 0.717) is 24.9 Å². The van der Waals surface area contributed by atoms with Crippen LogP contribution in [0.5, 0.6) is 0 Å². The van der Waals surface area contributed by atoms with Crippen molar-refractivity contribution in [3.63, 3.8) is 0 Å². The highest BCUT2D eigenvalue weighted by Gasteiger charge is 2.50. The van der Waals surface area contributed by atoms with Crippen molar-refractivity contribution in [2.45, 2.75) is 37.8 Å². The molecular weight excluding hydrogens is 352 g/mol. The van der Waals surface area contributed by atoms with Crippen molar-refractivity contribution in [1.82, 2.24) is 9.80 Å². The number of hydrogen-bond acceptors (Lipinski definition) is 4. The third kappa shape index (κ3) is 2.94. The second-order valence-corrected chi connectivity index (χ2v) is 8.93. The molecule has 1 aromatic carbocycles. The number of benzene rings is 1. The number of fused-ring (bicyclic) bond motifs is 2. The summed E-state index contributed by atoms with van der Waals surface area (Å²) < 4.78 is 0. The lowest BCUT2D eigenvalue weighted by Gasteiger charge is -2.40. The van der Waals surface area contributed by atoms with Crippen LogP contribution >= 0.6 is 0 Å². The Morgan fingerprint density at radius 3 is 2.32 bits per heavy atom. The summed E-state index contributed by atoms with van der Waals surface area (Å²) in [6.07, 6.45) is 4.37. The normalized spacial score (nSPS) is 35.8. The largest absolute Gasteiger partial charge is 0.340 e. The molecule has 6 nitrogen and oxygen atoms in total. The first kappa shape index (κ1) is 18.1. The molecule has 150 valence electrons. The lowest BCUT2D eigenvalue weighted by atomic mass is 9.84. The Morgan fingerprint density at radius 1 is 0.929 bits per heavy atom. The smallest absolute Gasteiger partial charge is 0.244 e. The molecule has 1 aromatic rings. The average molecular weight is 383 g/mol. The van der Waals surface area contributed by atoms with Gasteiger partial charge in [0, 0.05) is 44.5 Å². The van der Waals surface area contributed by atoms with Gasteiger partial charge in [0.25, 0.3) is 0 Å². The number of carbonyl (C=O) groups is 2. The summed E-state index contributed by atoms with van der Waals surface area (Å²) in [5.41, 5.74) is 7.36. The lowest BCUT2D eigenvalue weighted by Crippen LogP contribution is -2.56. The third-order valence-electron chi connectivity index (χ3n) is 7.58. The summed E-state index contributed by atoms with van der Waals surface area (Å²) >= 11 is 0. The summed E-state index contributed by atoms with van der Waals surface area (Å²) in [6.45, 7) is 3.76. The Morgan fingerprint density at radius 2 is 1.64 bits per heavy atom. The van der Waals surface area contributed by atoms with Gasteiger partial charge in [-0.05, 0) is 49.7 Å². The van der Waals surface area contributed by atoms with Crippen molar-refractivity contribution in [3.05, 3.63) is 30.3 Å². The van der Waals surface area contributed by atoms with Gasteiger partial charge in [0.1, 0.15) is 0 Å². The molecule has 2 aliphatic heterocycles. The molecule has 5 rings (SSSR count). The van der Waals surface area contributed by atoms with Gasteiger partial charge in [-0.15, -0.1) is 0 Å². The highest BCUT2D eigenvalue weighted by Crippen LogP contribution is 2.48. The van der Waals surface area contributed by atoms with Crippen LogP contribution in [-0.2, 0) is 9.59 Å². The fraction of sp³-hybridized carbons (Fsp3) is 0.636. The highest BCUT2D eigenvalue weighted by atomic mass is 16.2. The molecule has 2 saturated heterocycles. The molecule has 2 heterocycles. The third-order valence-corrected chi connectivity index (χ3v) is 7.58. The number of hydrogen-bond donors (Lipinski definition) is 1. The van der Waals surface area contributed by atoms with Gasteiger partial charge < -0.3 is 15.5 Å². The standard InChI is InChI=1S/C22H30N4O2/c23-20-16-7-6-15(14-16)19(20)22(28)25-12-10-24(11-13-25)18-8-9-26(21(18)27)17-4-2-1-3-5-17/h1-5,15-16,18-20H,6-14,23H2. The molecule has 2 saturated carbocycles. The Labute approximate surface area is 166 Å². The summed E-state index contributed by atoms with van der Waals surface area (Å²) in [5, 5.41) is 0. The molecule has 2 amide bonds. The minimum atomic E-state index is -0.0535. The second-order valence-electron chi connectivity index (χ2n) is 8.93. The molecule has 6 heteroatoms. The van der Waals surface area contributed by atoms with Crippen LogP contribution in [0, 0.1) is 17.8 Å². The quantitative estimate of drug-likeness (QED) is 0.856. The predicted molar refractivity (Wildman–Crippen MR) is 108 cm³/mol. The van der Waals surface area contributed by atoms with Gasteiger partial charge in [0.15, 0.2) is 0 Å². The second kappa shape index (κ2) is 7.16. The number of carbonyl (C=O) groups excluding carboxylic acids is 2. The van der Waals surface area contributed by atoms with E-state index in [0.717, 1.165) is 38.2 Å². The summed E-state index contributed by atoms with van der Waals surface area (Å²) in [5.74, 6) is 1.55. The molecule has 2 aliphatic carbocycles. The molecule has 5 atom stereocenters. The van der Waals surface area contributed by atoms with Gasteiger partial charge >= 0.3 is 0 Å². The Bertz CT molecular complexity index is 744. The summed E-state index contributed by atoms with van der Waals surface area (Å²) in [6, 6.07) is 9.91. The monoisotopic (exact) mass is 382 g/mol. The molecule has 0 aromatic heterocycles. The zero-order chi connectivity index (χ0) is 19.3. The zero-order valence-electron chi connectivity index (χ0n) is 16.4. The Balaban J connectivity index is 1.19. The van der Waals surface area contributed by atoms with Crippen LogP contribution < -0.4 is 10.6 Å². The van der Waals surface area contributed by atoms with E-state index in [1.54, 1.807) is 0 Å². The molecule has 28 heavy (non-hydrogen) atoms. The molecular formula is C22H30N4O2. The van der Waals surface area contributed by atoms with Gasteiger partial charge in [-0.2, -0.15) is 0 Å². The summed E-state index contributed by atoms with van der Waals surface area (Å²) in [4.78, 5) is 32.2. The Kier molecular flexibility index (Phi) is 4.63. The van der Waals surface area contributed by atoms with Gasteiger partial charge in [0.2, 0.25) is 11.8 Å². The van der Waals surface area contributed by atoms with Crippen molar-refractivity contribution >= 4 is 17.5 Å². The molecule has 4 fully saturated rings. The van der Waals surface area contributed by atoms with Crippen LogP contribution in [0.15, 0.2) is 30.3 Å². The minimum absolute atomic E-state index is 0.0342. The lowest BCUT2D eigenvalue weighted by molar-refractivity contribution is -0.140. The maximum absolute atomic E-state index is 13.1. The van der Waals surface area contributed by atoms with Crippen molar-refractivity contribution in [1.29, 1.82) is 0 Å². The van der Waals surface area contributed by atoms with Crippen LogP contribution in [0.25, 0.3) is 0 Å². The van der Waals surface area contributed by atoms with Crippen molar-refractivity contribution < 1.29 is 9.59 Å². The van der Waals surface area contributed by atoms with E-state index in [1.807, 2.05) is 40.1 Å². The molecule has 0 spiro atoms. The molecule has 5 unspecified atom stereocenters. The first-order chi connectivity index (χ1) is 13.6. The first-order valence-electron chi connectivity index (χ1n) is 10.8. The number of piperazine rings is 1. The van der Waals surface area contributed by atoms with Gasteiger partial charge in [-0.3, -0.25) is 14.5 Å². The topological polar surface area (TPSA) is 69.9 Å². The molecule has 2 N–H and O–H groups in total. The van der Waals surface area contributed by atoms with Crippen molar-refractivity contribution in [3.8, 4) is 0 Å². The van der Waals surface area contributed by atoms with E-state index >= 15 is 0 Å². The van der Waals surface area contributed by atoms with Crippen LogP contribution in [-0.4, -0.2) is 66.4 Å². The number of para-hydroxylation sites is 1. The first-order valence-corrected chi connectivity index (χ1v) is 10.8. The highest BCUT2D eigenvalue weighted by molar-refractivity contribution is 5.99.